The van der Waals surface area contributed by atoms with Crippen LogP contribution in [0.25, 0.3) is 0 Å². The first kappa shape index (κ1) is 10.8. The van der Waals surface area contributed by atoms with E-state index in [-0.39, 0.29) is 6.54 Å². The molecule has 76 valence electrons. The average molecular weight is 214 g/mol. The topological polar surface area (TPSA) is 70.0 Å². The van der Waals surface area contributed by atoms with Gasteiger partial charge in [-0.25, -0.2) is 4.21 Å². The van der Waals surface area contributed by atoms with Gasteiger partial charge in [-0.15, -0.1) is 9.32 Å². The Hall–Kier alpha value is -1.27. The Kier molecular flexibility index (Phi) is 3.73. The first-order chi connectivity index (χ1) is 6.63. The fourth-order valence-electron chi connectivity index (χ4n) is 0.962. The molecule has 0 radical (unpaired) electrons. The van der Waals surface area contributed by atoms with Gasteiger partial charge in [0.2, 0.25) is 0 Å². The van der Waals surface area contributed by atoms with Crippen LogP contribution in [0.3, 0.4) is 0 Å². The van der Waals surface area contributed by atoms with Crippen molar-refractivity contribution < 1.29 is 8.76 Å². The molecule has 0 fully saturated rings. The van der Waals surface area contributed by atoms with Crippen molar-refractivity contribution in [2.45, 2.75) is 13.5 Å². The standard InChI is InChI=1S/C8H10N2O3S/c1-7-2-4-8(5-3-7)6-10(9-11)14(12)13/h2-5H,6H2,1H3,(H,12,13). The fourth-order valence-corrected chi connectivity index (χ4v) is 1.28. The summed E-state index contributed by atoms with van der Waals surface area (Å²) >= 11 is -2.36. The Morgan fingerprint density at radius 2 is 2.00 bits per heavy atom. The van der Waals surface area contributed by atoms with E-state index in [1.54, 1.807) is 12.1 Å². The lowest BCUT2D eigenvalue weighted by atomic mass is 10.1. The Bertz CT molecular complexity index is 339. The molecule has 0 aliphatic rings. The summed E-state index contributed by atoms with van der Waals surface area (Å²) < 4.78 is 19.7. The van der Waals surface area contributed by atoms with Gasteiger partial charge in [0.1, 0.15) is 0 Å². The summed E-state index contributed by atoms with van der Waals surface area (Å²) in [5, 5.41) is 2.44. The third-order valence-electron chi connectivity index (χ3n) is 1.71. The summed E-state index contributed by atoms with van der Waals surface area (Å²) in [6.07, 6.45) is 0. The molecule has 0 aliphatic carbocycles. The zero-order valence-corrected chi connectivity index (χ0v) is 8.40. The highest BCUT2D eigenvalue weighted by atomic mass is 32.2. The molecule has 1 aromatic rings. The third-order valence-corrected chi connectivity index (χ3v) is 2.27. The first-order valence-corrected chi connectivity index (χ1v) is 4.97. The van der Waals surface area contributed by atoms with Crippen LogP contribution in [0.4, 0.5) is 0 Å². The van der Waals surface area contributed by atoms with Crippen LogP contribution >= 0.6 is 0 Å². The van der Waals surface area contributed by atoms with Crippen molar-refractivity contribution in [2.75, 3.05) is 0 Å². The van der Waals surface area contributed by atoms with Gasteiger partial charge in [-0.05, 0) is 12.5 Å². The Morgan fingerprint density at radius 1 is 1.43 bits per heavy atom. The number of rotatable bonds is 4. The molecule has 6 heteroatoms. The largest absolute Gasteiger partial charge is 0.288 e. The second kappa shape index (κ2) is 4.83. The van der Waals surface area contributed by atoms with E-state index in [4.69, 9.17) is 4.55 Å². The van der Waals surface area contributed by atoms with Crippen LogP contribution < -0.4 is 0 Å². The Labute approximate surface area is 84.1 Å². The van der Waals surface area contributed by atoms with Crippen molar-refractivity contribution in [3.63, 3.8) is 0 Å². The van der Waals surface area contributed by atoms with E-state index in [0.29, 0.717) is 4.41 Å². The molecule has 1 atom stereocenters. The number of nitroso groups, excluding NO2 is 1. The maximum atomic E-state index is 10.5. The predicted octanol–water partition coefficient (Wildman–Crippen LogP) is 1.62. The van der Waals surface area contributed by atoms with E-state index in [1.165, 1.54) is 0 Å². The van der Waals surface area contributed by atoms with Crippen molar-refractivity contribution in [1.29, 1.82) is 0 Å². The molecule has 1 N–H and O–H groups in total. The smallest absolute Gasteiger partial charge is 0.281 e. The molecule has 5 nitrogen and oxygen atoms in total. The van der Waals surface area contributed by atoms with Gasteiger partial charge in [0.25, 0.3) is 11.3 Å². The molecule has 1 aromatic carbocycles. The number of hydrogen-bond acceptors (Lipinski definition) is 3. The summed E-state index contributed by atoms with van der Waals surface area (Å²) in [6, 6.07) is 7.28. The molecule has 1 rings (SSSR count). The van der Waals surface area contributed by atoms with Crippen molar-refractivity contribution in [1.82, 2.24) is 4.41 Å². The van der Waals surface area contributed by atoms with Crippen LogP contribution in [0.2, 0.25) is 0 Å². The average Bonchev–Trinajstić information content (AvgIpc) is 2.16. The summed E-state index contributed by atoms with van der Waals surface area (Å²) in [6.45, 7) is 1.97. The zero-order valence-electron chi connectivity index (χ0n) is 7.58. The summed E-state index contributed by atoms with van der Waals surface area (Å²) in [7, 11) is 0. The second-order valence-electron chi connectivity index (χ2n) is 2.81. The fraction of sp³-hybridized carbons (Fsp3) is 0.250. The van der Waals surface area contributed by atoms with Crippen LogP contribution in [-0.2, 0) is 17.8 Å². The normalized spacial score (nSPS) is 12.1. The third kappa shape index (κ3) is 2.90. The van der Waals surface area contributed by atoms with Crippen LogP contribution in [0.1, 0.15) is 11.1 Å². The lowest BCUT2D eigenvalue weighted by Gasteiger charge is -2.09. The molecule has 0 bridgehead atoms. The van der Waals surface area contributed by atoms with Gasteiger partial charge in [-0.3, -0.25) is 4.55 Å². The maximum Gasteiger partial charge on any atom is 0.281 e. The van der Waals surface area contributed by atoms with Crippen molar-refractivity contribution in [2.24, 2.45) is 5.29 Å². The van der Waals surface area contributed by atoms with Gasteiger partial charge in [0.05, 0.1) is 11.8 Å². The molecule has 0 aliphatic heterocycles. The van der Waals surface area contributed by atoms with Gasteiger partial charge in [0, 0.05) is 0 Å². The van der Waals surface area contributed by atoms with Crippen LogP contribution in [0.15, 0.2) is 29.6 Å². The lowest BCUT2D eigenvalue weighted by Crippen LogP contribution is -2.18. The van der Waals surface area contributed by atoms with Crippen molar-refractivity contribution in [3.05, 3.63) is 40.3 Å². The number of aryl methyl sites for hydroxylation is 1. The summed E-state index contributed by atoms with van der Waals surface area (Å²) in [4.78, 5) is 10.1. The monoisotopic (exact) mass is 214 g/mol. The van der Waals surface area contributed by atoms with E-state index >= 15 is 0 Å². The molecule has 0 amide bonds. The predicted molar refractivity (Wildman–Crippen MR) is 53.3 cm³/mol. The van der Waals surface area contributed by atoms with E-state index in [0.717, 1.165) is 11.1 Å². The zero-order chi connectivity index (χ0) is 10.6. The van der Waals surface area contributed by atoms with Gasteiger partial charge in [0.15, 0.2) is 0 Å². The maximum absolute atomic E-state index is 10.5. The molecule has 1 unspecified atom stereocenters. The molecular weight excluding hydrogens is 204 g/mol. The van der Waals surface area contributed by atoms with Crippen LogP contribution in [-0.4, -0.2) is 13.2 Å². The van der Waals surface area contributed by atoms with Gasteiger partial charge >= 0.3 is 0 Å². The second-order valence-corrected chi connectivity index (χ2v) is 3.69. The number of nitrogens with zero attached hydrogens (tertiary/aromatic N) is 2. The first-order valence-electron chi connectivity index (χ1n) is 3.91. The Balaban J connectivity index is 2.72. The highest BCUT2D eigenvalue weighted by molar-refractivity contribution is 7.76. The molecule has 14 heavy (non-hydrogen) atoms. The highest BCUT2D eigenvalue weighted by Gasteiger charge is 2.09. The SMILES string of the molecule is Cc1ccc(CN(N=O)S(=O)O)cc1. The van der Waals surface area contributed by atoms with Gasteiger partial charge in [-0.1, -0.05) is 29.8 Å². The quantitative estimate of drug-likeness (QED) is 0.470. The highest BCUT2D eigenvalue weighted by Crippen LogP contribution is 2.07. The molecule has 0 saturated carbocycles. The van der Waals surface area contributed by atoms with E-state index < -0.39 is 11.3 Å². The van der Waals surface area contributed by atoms with Crippen molar-refractivity contribution in [3.8, 4) is 0 Å². The molecular formula is C8H10N2O3S. The Morgan fingerprint density at radius 3 is 2.43 bits per heavy atom. The van der Waals surface area contributed by atoms with E-state index in [9.17, 15) is 9.12 Å². The van der Waals surface area contributed by atoms with Crippen LogP contribution in [0.5, 0.6) is 0 Å². The van der Waals surface area contributed by atoms with Gasteiger partial charge < -0.3 is 0 Å². The number of hydrogen-bond donors (Lipinski definition) is 1. The molecule has 0 saturated heterocycles. The van der Waals surface area contributed by atoms with Crippen LogP contribution in [0, 0.1) is 11.8 Å². The van der Waals surface area contributed by atoms with E-state index in [2.05, 4.69) is 5.29 Å². The minimum absolute atomic E-state index is 0.0346. The van der Waals surface area contributed by atoms with E-state index in [1.807, 2.05) is 19.1 Å². The summed E-state index contributed by atoms with van der Waals surface area (Å²) in [5.74, 6) is 0. The summed E-state index contributed by atoms with van der Waals surface area (Å²) in [5.41, 5.74) is 1.85. The molecule has 0 spiro atoms. The molecule has 0 aromatic heterocycles. The lowest BCUT2D eigenvalue weighted by molar-refractivity contribution is 0.405. The number of benzene rings is 1. The minimum Gasteiger partial charge on any atom is -0.288 e. The molecule has 0 heterocycles. The van der Waals surface area contributed by atoms with Crippen molar-refractivity contribution >= 4 is 11.3 Å². The van der Waals surface area contributed by atoms with Gasteiger partial charge in [-0.2, -0.15) is 0 Å². The minimum atomic E-state index is -2.36.